The van der Waals surface area contributed by atoms with Crippen LogP contribution in [-0.2, 0) is 14.3 Å². The highest BCUT2D eigenvalue weighted by molar-refractivity contribution is 5.93. The normalized spacial score (nSPS) is 10.3. The number of carbonyl (C=O) groups is 3. The van der Waals surface area contributed by atoms with Gasteiger partial charge in [-0.1, -0.05) is 25.1 Å². The van der Waals surface area contributed by atoms with Gasteiger partial charge >= 0.3 is 5.97 Å². The van der Waals surface area contributed by atoms with E-state index in [4.69, 9.17) is 14.2 Å². The summed E-state index contributed by atoms with van der Waals surface area (Å²) in [5.41, 5.74) is 5.64. The number of methoxy groups -OCH3 is 1. The Bertz CT molecular complexity index is 893. The van der Waals surface area contributed by atoms with E-state index >= 15 is 0 Å². The third-order valence-corrected chi connectivity index (χ3v) is 3.78. The number of hydrogen-bond acceptors (Lipinski definition) is 6. The third-order valence-electron chi connectivity index (χ3n) is 3.78. The van der Waals surface area contributed by atoms with E-state index < -0.39 is 17.8 Å². The van der Waals surface area contributed by atoms with Crippen molar-refractivity contribution in [2.45, 2.75) is 13.3 Å². The van der Waals surface area contributed by atoms with Crippen LogP contribution in [0.1, 0.15) is 29.3 Å². The van der Waals surface area contributed by atoms with Crippen LogP contribution in [0.15, 0.2) is 54.6 Å². The van der Waals surface area contributed by atoms with Crippen LogP contribution in [0.5, 0.6) is 11.5 Å². The van der Waals surface area contributed by atoms with E-state index in [1.165, 1.54) is 6.08 Å². The zero-order chi connectivity index (χ0) is 21.8. The van der Waals surface area contributed by atoms with Crippen molar-refractivity contribution < 1.29 is 28.6 Å². The number of esters is 1. The van der Waals surface area contributed by atoms with Gasteiger partial charge < -0.3 is 14.2 Å². The maximum absolute atomic E-state index is 11.8. The van der Waals surface area contributed by atoms with E-state index in [1.54, 1.807) is 49.6 Å². The molecule has 0 aliphatic rings. The smallest absolute Gasteiger partial charge is 0.338 e. The molecule has 8 nitrogen and oxygen atoms in total. The van der Waals surface area contributed by atoms with Crippen molar-refractivity contribution in [3.05, 3.63) is 65.7 Å². The zero-order valence-corrected chi connectivity index (χ0v) is 16.8. The Morgan fingerprint density at radius 3 is 2.43 bits per heavy atom. The average molecular weight is 412 g/mol. The molecule has 0 unspecified atom stereocenters. The quantitative estimate of drug-likeness (QED) is 0.373. The Labute approximate surface area is 174 Å². The fourth-order valence-corrected chi connectivity index (χ4v) is 2.29. The number of para-hydroxylation sites is 1. The molecule has 2 aromatic rings. The van der Waals surface area contributed by atoms with Gasteiger partial charge in [-0.15, -0.1) is 0 Å². The standard InChI is InChI=1S/C22H24N2O6/c1-3-14-29-22(27)17-8-11-18(12-9-17)30-15-21(26)24-23-20(25)13-10-16-6-4-5-7-19(16)28-2/h4-13H,3,14-15H2,1-2H3,(H,23,25)(H,24,26)/b13-10+. The summed E-state index contributed by atoms with van der Waals surface area (Å²) in [5, 5.41) is 0. The first kappa shape index (κ1) is 22.5. The number of carbonyl (C=O) groups excluding carboxylic acids is 3. The first-order valence-electron chi connectivity index (χ1n) is 9.33. The largest absolute Gasteiger partial charge is 0.496 e. The molecule has 0 aliphatic carbocycles. The number of ether oxygens (including phenoxy) is 3. The summed E-state index contributed by atoms with van der Waals surface area (Å²) in [4.78, 5) is 35.4. The van der Waals surface area contributed by atoms with Crippen LogP contribution in [0.4, 0.5) is 0 Å². The highest BCUT2D eigenvalue weighted by atomic mass is 16.5. The summed E-state index contributed by atoms with van der Waals surface area (Å²) in [6, 6.07) is 13.4. The highest BCUT2D eigenvalue weighted by Crippen LogP contribution is 2.18. The molecule has 0 radical (unpaired) electrons. The fourth-order valence-electron chi connectivity index (χ4n) is 2.29. The first-order chi connectivity index (χ1) is 14.5. The molecule has 30 heavy (non-hydrogen) atoms. The molecule has 2 amide bonds. The Balaban J connectivity index is 1.75. The molecule has 0 saturated carbocycles. The Kier molecular flexibility index (Phi) is 8.92. The topological polar surface area (TPSA) is 103 Å². The lowest BCUT2D eigenvalue weighted by molar-refractivity contribution is -0.128. The Hall–Kier alpha value is -3.81. The van der Waals surface area contributed by atoms with Crippen LogP contribution in [0.2, 0.25) is 0 Å². The molecule has 2 aromatic carbocycles. The second kappa shape index (κ2) is 11.9. The van der Waals surface area contributed by atoms with Gasteiger partial charge in [0.1, 0.15) is 11.5 Å². The number of benzene rings is 2. The lowest BCUT2D eigenvalue weighted by atomic mass is 10.2. The van der Waals surface area contributed by atoms with Crippen LogP contribution < -0.4 is 20.3 Å². The van der Waals surface area contributed by atoms with Gasteiger partial charge in [-0.05, 0) is 42.8 Å². The summed E-state index contributed by atoms with van der Waals surface area (Å²) in [7, 11) is 1.54. The van der Waals surface area contributed by atoms with Crippen molar-refractivity contribution in [2.24, 2.45) is 0 Å². The minimum Gasteiger partial charge on any atom is -0.496 e. The molecular formula is C22H24N2O6. The number of amides is 2. The van der Waals surface area contributed by atoms with E-state index in [0.29, 0.717) is 23.7 Å². The van der Waals surface area contributed by atoms with Gasteiger partial charge in [0.2, 0.25) is 0 Å². The molecule has 0 spiro atoms. The summed E-state index contributed by atoms with van der Waals surface area (Å²) < 4.78 is 15.6. The van der Waals surface area contributed by atoms with Gasteiger partial charge in [0.05, 0.1) is 19.3 Å². The molecule has 0 saturated heterocycles. The van der Waals surface area contributed by atoms with Gasteiger partial charge in [-0.2, -0.15) is 0 Å². The molecule has 2 N–H and O–H groups in total. The first-order valence-corrected chi connectivity index (χ1v) is 9.33. The molecule has 0 fully saturated rings. The van der Waals surface area contributed by atoms with E-state index in [1.807, 2.05) is 19.1 Å². The monoisotopic (exact) mass is 412 g/mol. The minimum absolute atomic E-state index is 0.309. The van der Waals surface area contributed by atoms with Gasteiger partial charge in [-0.3, -0.25) is 20.4 Å². The molecule has 158 valence electrons. The van der Waals surface area contributed by atoms with Crippen molar-refractivity contribution >= 4 is 23.9 Å². The van der Waals surface area contributed by atoms with E-state index in [9.17, 15) is 14.4 Å². The molecule has 0 aliphatic heterocycles. The van der Waals surface area contributed by atoms with Crippen molar-refractivity contribution in [1.29, 1.82) is 0 Å². The van der Waals surface area contributed by atoms with E-state index in [0.717, 1.165) is 12.0 Å². The van der Waals surface area contributed by atoms with Crippen molar-refractivity contribution in [1.82, 2.24) is 10.9 Å². The second-order valence-electron chi connectivity index (χ2n) is 6.06. The van der Waals surface area contributed by atoms with Crippen molar-refractivity contribution in [2.75, 3.05) is 20.3 Å². The van der Waals surface area contributed by atoms with Gasteiger partial charge in [0.15, 0.2) is 6.61 Å². The lowest BCUT2D eigenvalue weighted by Crippen LogP contribution is -2.43. The SMILES string of the molecule is CCCOC(=O)c1ccc(OCC(=O)NNC(=O)/C=C/c2ccccc2OC)cc1. The second-order valence-corrected chi connectivity index (χ2v) is 6.06. The predicted molar refractivity (Wildman–Crippen MR) is 111 cm³/mol. The van der Waals surface area contributed by atoms with Crippen LogP contribution in [0, 0.1) is 0 Å². The van der Waals surface area contributed by atoms with Crippen LogP contribution in [0.25, 0.3) is 6.08 Å². The van der Waals surface area contributed by atoms with E-state index in [-0.39, 0.29) is 6.61 Å². The van der Waals surface area contributed by atoms with Gasteiger partial charge in [0, 0.05) is 11.6 Å². The fraction of sp³-hybridized carbons (Fsp3) is 0.227. The Morgan fingerprint density at radius 1 is 1.00 bits per heavy atom. The van der Waals surface area contributed by atoms with Gasteiger partial charge in [0.25, 0.3) is 11.8 Å². The highest BCUT2D eigenvalue weighted by Gasteiger charge is 2.08. The maximum atomic E-state index is 11.8. The molecule has 2 rings (SSSR count). The third kappa shape index (κ3) is 7.31. The van der Waals surface area contributed by atoms with Crippen molar-refractivity contribution in [3.63, 3.8) is 0 Å². The van der Waals surface area contributed by atoms with Crippen LogP contribution in [-0.4, -0.2) is 38.1 Å². The van der Waals surface area contributed by atoms with Gasteiger partial charge in [-0.25, -0.2) is 4.79 Å². The number of hydrazine groups is 1. The van der Waals surface area contributed by atoms with Crippen molar-refractivity contribution in [3.8, 4) is 11.5 Å². The van der Waals surface area contributed by atoms with E-state index in [2.05, 4.69) is 10.9 Å². The molecule has 0 aromatic heterocycles. The Morgan fingerprint density at radius 2 is 1.73 bits per heavy atom. The lowest BCUT2D eigenvalue weighted by Gasteiger charge is -2.08. The number of nitrogens with one attached hydrogen (secondary N) is 2. The molecular weight excluding hydrogens is 388 g/mol. The summed E-state index contributed by atoms with van der Waals surface area (Å²) in [6.07, 6.45) is 3.59. The summed E-state index contributed by atoms with van der Waals surface area (Å²) in [5.74, 6) is -0.432. The molecule has 8 heteroatoms. The minimum atomic E-state index is -0.541. The molecule has 0 heterocycles. The molecule has 0 atom stereocenters. The summed E-state index contributed by atoms with van der Waals surface area (Å²) in [6.45, 7) is 1.96. The number of hydrogen-bond donors (Lipinski definition) is 2. The zero-order valence-electron chi connectivity index (χ0n) is 16.8. The summed E-state index contributed by atoms with van der Waals surface area (Å²) >= 11 is 0. The predicted octanol–water partition coefficient (Wildman–Crippen LogP) is 2.50. The molecule has 0 bridgehead atoms. The maximum Gasteiger partial charge on any atom is 0.338 e. The van der Waals surface area contributed by atoms with Crippen LogP contribution >= 0.6 is 0 Å². The number of rotatable bonds is 9. The van der Waals surface area contributed by atoms with Crippen LogP contribution in [0.3, 0.4) is 0 Å². The average Bonchev–Trinajstić information content (AvgIpc) is 2.78.